The number of aromatic nitrogens is 3. The number of hydrogen-bond donors (Lipinski definition) is 2. The fraction of sp³-hybridized carbons (Fsp3) is 0.238. The first-order valence-corrected chi connectivity index (χ1v) is 8.97. The van der Waals surface area contributed by atoms with Crippen LogP contribution in [-0.4, -0.2) is 32.2 Å². The lowest BCUT2D eigenvalue weighted by Crippen LogP contribution is -2.30. The van der Waals surface area contributed by atoms with Crippen molar-refractivity contribution in [2.24, 2.45) is 0 Å². The number of para-hydroxylation sites is 1. The molecule has 3 rings (SSSR count). The van der Waals surface area contributed by atoms with Crippen molar-refractivity contribution in [3.8, 4) is 0 Å². The van der Waals surface area contributed by atoms with Crippen molar-refractivity contribution < 1.29 is 9.90 Å². The summed E-state index contributed by atoms with van der Waals surface area (Å²) in [6.07, 6.45) is 5.32. The van der Waals surface area contributed by atoms with Crippen LogP contribution in [0.5, 0.6) is 0 Å². The van der Waals surface area contributed by atoms with E-state index >= 15 is 0 Å². The van der Waals surface area contributed by atoms with Crippen molar-refractivity contribution in [2.45, 2.75) is 26.8 Å². The summed E-state index contributed by atoms with van der Waals surface area (Å²) in [4.78, 5) is 34.2. The number of aliphatic hydroxyl groups excluding tert-OH is 1. The van der Waals surface area contributed by atoms with Gasteiger partial charge in [0.2, 0.25) is 0 Å². The van der Waals surface area contributed by atoms with Gasteiger partial charge in [-0.25, -0.2) is 0 Å². The van der Waals surface area contributed by atoms with Crippen LogP contribution in [0.4, 0.5) is 5.69 Å². The standard InChI is InChI=1S/C21H22N4O3/c1-14-7-9-25(13-17-12-22-15(2)11-23-17)21(28)19(14)20(27)24-18-6-4-3-5-16(18)8-10-26/h3-7,9,11-12,26H,8,10,13H2,1-2H3,(H,24,27). The maximum absolute atomic E-state index is 12.9. The molecule has 0 atom stereocenters. The van der Waals surface area contributed by atoms with Gasteiger partial charge in [-0.15, -0.1) is 0 Å². The Bertz CT molecular complexity index is 1040. The molecule has 0 bridgehead atoms. The molecular formula is C21H22N4O3. The quantitative estimate of drug-likeness (QED) is 0.685. The molecule has 28 heavy (non-hydrogen) atoms. The monoisotopic (exact) mass is 378 g/mol. The number of aryl methyl sites for hydroxylation is 2. The number of nitrogens with one attached hydrogen (secondary N) is 1. The van der Waals surface area contributed by atoms with Crippen LogP contribution in [-0.2, 0) is 13.0 Å². The van der Waals surface area contributed by atoms with Crippen LogP contribution in [0.25, 0.3) is 0 Å². The van der Waals surface area contributed by atoms with Gasteiger partial charge < -0.3 is 15.0 Å². The van der Waals surface area contributed by atoms with E-state index in [1.54, 1.807) is 43.7 Å². The van der Waals surface area contributed by atoms with Gasteiger partial charge in [-0.3, -0.25) is 19.6 Å². The van der Waals surface area contributed by atoms with Crippen LogP contribution in [0.2, 0.25) is 0 Å². The van der Waals surface area contributed by atoms with E-state index in [1.165, 1.54) is 4.57 Å². The number of nitrogens with zero attached hydrogens (tertiary/aromatic N) is 3. The second-order valence-electron chi connectivity index (χ2n) is 6.54. The van der Waals surface area contributed by atoms with Crippen LogP contribution >= 0.6 is 0 Å². The molecule has 0 radical (unpaired) electrons. The number of pyridine rings is 1. The lowest BCUT2D eigenvalue weighted by molar-refractivity contribution is 0.102. The predicted molar refractivity (Wildman–Crippen MR) is 106 cm³/mol. The Balaban J connectivity index is 1.90. The van der Waals surface area contributed by atoms with Gasteiger partial charge in [0.05, 0.1) is 24.1 Å². The summed E-state index contributed by atoms with van der Waals surface area (Å²) in [6.45, 7) is 3.77. The number of aliphatic hydroxyl groups is 1. The molecule has 0 spiro atoms. The Kier molecular flexibility index (Phi) is 5.96. The summed E-state index contributed by atoms with van der Waals surface area (Å²) in [5, 5.41) is 12.0. The van der Waals surface area contributed by atoms with Gasteiger partial charge in [0.25, 0.3) is 11.5 Å². The molecule has 0 saturated heterocycles. The molecule has 0 fully saturated rings. The van der Waals surface area contributed by atoms with Crippen LogP contribution in [0.1, 0.15) is 32.9 Å². The van der Waals surface area contributed by atoms with E-state index in [4.69, 9.17) is 0 Å². The highest BCUT2D eigenvalue weighted by Crippen LogP contribution is 2.17. The molecule has 0 saturated carbocycles. The Morgan fingerprint density at radius 2 is 1.93 bits per heavy atom. The van der Waals surface area contributed by atoms with E-state index in [2.05, 4.69) is 15.3 Å². The fourth-order valence-corrected chi connectivity index (χ4v) is 2.91. The highest BCUT2D eigenvalue weighted by molar-refractivity contribution is 6.05. The van der Waals surface area contributed by atoms with Crippen LogP contribution in [0.3, 0.4) is 0 Å². The first kappa shape index (κ1) is 19.4. The summed E-state index contributed by atoms with van der Waals surface area (Å²) < 4.78 is 1.45. The second kappa shape index (κ2) is 8.58. The van der Waals surface area contributed by atoms with Gasteiger partial charge in [0.1, 0.15) is 5.56 Å². The van der Waals surface area contributed by atoms with E-state index in [-0.39, 0.29) is 24.3 Å². The van der Waals surface area contributed by atoms with Crippen molar-refractivity contribution >= 4 is 11.6 Å². The molecule has 3 aromatic rings. The number of benzene rings is 1. The Hall–Kier alpha value is -3.32. The third-order valence-electron chi connectivity index (χ3n) is 4.41. The zero-order chi connectivity index (χ0) is 20.1. The number of carbonyl (C=O) groups is 1. The van der Waals surface area contributed by atoms with Gasteiger partial charge in [0.15, 0.2) is 0 Å². The molecule has 2 N–H and O–H groups in total. The van der Waals surface area contributed by atoms with Crippen molar-refractivity contribution in [1.82, 2.24) is 14.5 Å². The zero-order valence-electron chi connectivity index (χ0n) is 15.8. The molecule has 7 nitrogen and oxygen atoms in total. The largest absolute Gasteiger partial charge is 0.396 e. The second-order valence-corrected chi connectivity index (χ2v) is 6.54. The average Bonchev–Trinajstić information content (AvgIpc) is 2.67. The van der Waals surface area contributed by atoms with Crippen molar-refractivity contribution in [1.29, 1.82) is 0 Å². The lowest BCUT2D eigenvalue weighted by Gasteiger charge is -2.13. The Labute approximate surface area is 162 Å². The highest BCUT2D eigenvalue weighted by Gasteiger charge is 2.17. The third-order valence-corrected chi connectivity index (χ3v) is 4.41. The molecule has 0 aliphatic heterocycles. The van der Waals surface area contributed by atoms with Crippen molar-refractivity contribution in [2.75, 3.05) is 11.9 Å². The van der Waals surface area contributed by atoms with Gasteiger partial charge in [0, 0.05) is 24.7 Å². The van der Waals surface area contributed by atoms with E-state index < -0.39 is 5.91 Å². The first-order chi connectivity index (χ1) is 13.5. The summed E-state index contributed by atoms with van der Waals surface area (Å²) in [5.41, 5.74) is 3.11. The zero-order valence-corrected chi connectivity index (χ0v) is 15.8. The molecule has 144 valence electrons. The van der Waals surface area contributed by atoms with Gasteiger partial charge in [-0.2, -0.15) is 0 Å². The lowest BCUT2D eigenvalue weighted by atomic mass is 10.1. The molecule has 7 heteroatoms. The molecule has 2 heterocycles. The Morgan fingerprint density at radius 1 is 1.14 bits per heavy atom. The minimum absolute atomic E-state index is 0.0262. The van der Waals surface area contributed by atoms with E-state index in [0.717, 1.165) is 11.3 Å². The number of amides is 1. The van der Waals surface area contributed by atoms with Crippen molar-refractivity contribution in [3.05, 3.63) is 87.4 Å². The van der Waals surface area contributed by atoms with Crippen LogP contribution < -0.4 is 10.9 Å². The summed E-state index contributed by atoms with van der Waals surface area (Å²) in [5.74, 6) is -0.475. The van der Waals surface area contributed by atoms with E-state index in [1.807, 2.05) is 19.1 Å². The Morgan fingerprint density at radius 3 is 2.64 bits per heavy atom. The van der Waals surface area contributed by atoms with E-state index in [9.17, 15) is 14.7 Å². The molecule has 0 unspecified atom stereocenters. The maximum Gasteiger partial charge on any atom is 0.264 e. The predicted octanol–water partition coefficient (Wildman–Crippen LogP) is 2.09. The molecule has 0 aliphatic carbocycles. The number of anilines is 1. The maximum atomic E-state index is 12.9. The first-order valence-electron chi connectivity index (χ1n) is 8.97. The SMILES string of the molecule is Cc1cnc(Cn2ccc(C)c(C(=O)Nc3ccccc3CCO)c2=O)cn1. The van der Waals surface area contributed by atoms with Crippen LogP contribution in [0, 0.1) is 13.8 Å². The molecule has 1 aromatic carbocycles. The normalized spacial score (nSPS) is 10.7. The van der Waals surface area contributed by atoms with Gasteiger partial charge in [-0.05, 0) is 43.5 Å². The number of carbonyl (C=O) groups excluding carboxylic acids is 1. The fourth-order valence-electron chi connectivity index (χ4n) is 2.91. The minimum atomic E-state index is -0.475. The van der Waals surface area contributed by atoms with Gasteiger partial charge in [-0.1, -0.05) is 18.2 Å². The van der Waals surface area contributed by atoms with Gasteiger partial charge >= 0.3 is 0 Å². The molecule has 1 amide bonds. The van der Waals surface area contributed by atoms with Crippen molar-refractivity contribution in [3.63, 3.8) is 0 Å². The molecule has 2 aromatic heterocycles. The number of rotatable bonds is 6. The summed E-state index contributed by atoms with van der Waals surface area (Å²) in [7, 11) is 0. The topological polar surface area (TPSA) is 97.1 Å². The highest BCUT2D eigenvalue weighted by atomic mass is 16.3. The summed E-state index contributed by atoms with van der Waals surface area (Å²) in [6, 6.07) is 8.95. The third kappa shape index (κ3) is 4.32. The van der Waals surface area contributed by atoms with Crippen LogP contribution in [0.15, 0.2) is 53.7 Å². The molecule has 0 aliphatic rings. The van der Waals surface area contributed by atoms with E-state index in [0.29, 0.717) is 23.4 Å². The summed E-state index contributed by atoms with van der Waals surface area (Å²) >= 11 is 0. The average molecular weight is 378 g/mol. The molecular weight excluding hydrogens is 356 g/mol. The number of hydrogen-bond acceptors (Lipinski definition) is 5. The minimum Gasteiger partial charge on any atom is -0.396 e. The smallest absolute Gasteiger partial charge is 0.264 e.